The van der Waals surface area contributed by atoms with E-state index < -0.39 is 5.69 Å². The van der Waals surface area contributed by atoms with E-state index in [0.29, 0.717) is 22.9 Å². The minimum absolute atomic E-state index is 0.0519. The van der Waals surface area contributed by atoms with Crippen LogP contribution in [-0.2, 0) is 14.1 Å². The lowest BCUT2D eigenvalue weighted by atomic mass is 10.3. The number of fused-ring (bicyclic) bond motifs is 1. The van der Waals surface area contributed by atoms with Gasteiger partial charge in [0.05, 0.1) is 0 Å². The van der Waals surface area contributed by atoms with E-state index in [1.165, 1.54) is 11.6 Å². The van der Waals surface area contributed by atoms with Gasteiger partial charge in [0, 0.05) is 20.1 Å². The van der Waals surface area contributed by atoms with E-state index in [1.54, 1.807) is 23.7 Å². The molecule has 0 radical (unpaired) electrons. The summed E-state index contributed by atoms with van der Waals surface area (Å²) >= 11 is 0. The first-order valence-electron chi connectivity index (χ1n) is 7.32. The van der Waals surface area contributed by atoms with Crippen molar-refractivity contribution in [3.8, 4) is 11.8 Å². The zero-order chi connectivity index (χ0) is 16.7. The van der Waals surface area contributed by atoms with Gasteiger partial charge >= 0.3 is 11.7 Å². The van der Waals surface area contributed by atoms with Crippen molar-refractivity contribution in [3.63, 3.8) is 0 Å². The van der Waals surface area contributed by atoms with E-state index in [1.807, 2.05) is 32.0 Å². The Bertz CT molecular complexity index is 980. The van der Waals surface area contributed by atoms with E-state index in [4.69, 9.17) is 4.74 Å². The molecule has 0 amide bonds. The van der Waals surface area contributed by atoms with Gasteiger partial charge in [-0.3, -0.25) is 18.5 Å². The average Bonchev–Trinajstić information content (AvgIpc) is 2.91. The molecule has 0 aliphatic heterocycles. The van der Waals surface area contributed by atoms with E-state index >= 15 is 0 Å². The molecule has 7 nitrogen and oxygen atoms in total. The second kappa shape index (κ2) is 5.42. The molecule has 1 aromatic carbocycles. The van der Waals surface area contributed by atoms with Crippen molar-refractivity contribution in [3.05, 3.63) is 51.2 Å². The summed E-state index contributed by atoms with van der Waals surface area (Å²) in [5.41, 5.74) is -0.123. The van der Waals surface area contributed by atoms with Crippen LogP contribution in [0.15, 0.2) is 39.9 Å². The summed E-state index contributed by atoms with van der Waals surface area (Å²) in [4.78, 5) is 29.0. The van der Waals surface area contributed by atoms with Crippen LogP contribution < -0.4 is 16.0 Å². The normalized spacial score (nSPS) is 11.3. The Morgan fingerprint density at radius 2 is 1.70 bits per heavy atom. The molecule has 120 valence electrons. The molecule has 3 rings (SSSR count). The molecule has 0 saturated heterocycles. The third-order valence-corrected chi connectivity index (χ3v) is 3.73. The number of benzene rings is 1. The van der Waals surface area contributed by atoms with Crippen LogP contribution in [0.1, 0.15) is 19.9 Å². The zero-order valence-corrected chi connectivity index (χ0v) is 13.5. The maximum atomic E-state index is 12.5. The fourth-order valence-corrected chi connectivity index (χ4v) is 2.54. The van der Waals surface area contributed by atoms with Crippen LogP contribution in [0.3, 0.4) is 0 Å². The Labute approximate surface area is 132 Å². The van der Waals surface area contributed by atoms with Gasteiger partial charge in [-0.1, -0.05) is 18.2 Å². The van der Waals surface area contributed by atoms with Gasteiger partial charge in [-0.15, -0.1) is 0 Å². The van der Waals surface area contributed by atoms with Crippen LogP contribution in [0.5, 0.6) is 11.8 Å². The molecule has 2 aromatic heterocycles. The van der Waals surface area contributed by atoms with Gasteiger partial charge in [0.2, 0.25) is 0 Å². The number of rotatable bonds is 3. The van der Waals surface area contributed by atoms with Crippen LogP contribution in [0.2, 0.25) is 0 Å². The van der Waals surface area contributed by atoms with Crippen LogP contribution in [0.25, 0.3) is 11.2 Å². The molecule has 0 saturated carbocycles. The predicted octanol–water partition coefficient (Wildman–Crippen LogP) is 1.81. The van der Waals surface area contributed by atoms with Crippen LogP contribution >= 0.6 is 0 Å². The Hall–Kier alpha value is -2.83. The van der Waals surface area contributed by atoms with Crippen molar-refractivity contribution < 1.29 is 4.74 Å². The van der Waals surface area contributed by atoms with Crippen molar-refractivity contribution in [1.82, 2.24) is 18.7 Å². The minimum Gasteiger partial charge on any atom is -0.425 e. The number of hydrogen-bond acceptors (Lipinski definition) is 4. The van der Waals surface area contributed by atoms with Crippen molar-refractivity contribution in [1.29, 1.82) is 0 Å². The van der Waals surface area contributed by atoms with Gasteiger partial charge in [0.25, 0.3) is 5.56 Å². The number of nitrogens with zero attached hydrogens (tertiary/aromatic N) is 4. The first-order valence-corrected chi connectivity index (χ1v) is 7.32. The molecule has 0 aliphatic rings. The minimum atomic E-state index is -0.415. The topological polar surface area (TPSA) is 71.1 Å². The number of aryl methyl sites for hydroxylation is 1. The molecule has 0 N–H and O–H groups in total. The van der Waals surface area contributed by atoms with Crippen molar-refractivity contribution in [2.24, 2.45) is 14.1 Å². The summed E-state index contributed by atoms with van der Waals surface area (Å²) in [5.74, 6) is 0.617. The lowest BCUT2D eigenvalue weighted by molar-refractivity contribution is 0.400. The summed E-state index contributed by atoms with van der Waals surface area (Å²) in [6.07, 6.45) is 0. The van der Waals surface area contributed by atoms with Crippen molar-refractivity contribution in [2.75, 3.05) is 0 Å². The molecule has 0 bridgehead atoms. The molecule has 23 heavy (non-hydrogen) atoms. The van der Waals surface area contributed by atoms with Gasteiger partial charge in [-0.2, -0.15) is 4.98 Å². The second-order valence-electron chi connectivity index (χ2n) is 5.65. The number of ether oxygens (including phenoxy) is 1. The number of para-hydroxylation sites is 1. The number of aromatic nitrogens is 4. The average molecular weight is 314 g/mol. The van der Waals surface area contributed by atoms with E-state index in [0.717, 1.165) is 4.57 Å². The molecule has 0 spiro atoms. The molecule has 7 heteroatoms. The standard InChI is InChI=1S/C16H18N4O3/c1-10(2)20-12-13(18(3)16(22)19(4)14(12)21)17-15(20)23-11-8-6-5-7-9-11/h5-10H,1-4H3. The van der Waals surface area contributed by atoms with Crippen LogP contribution in [0.4, 0.5) is 0 Å². The Morgan fingerprint density at radius 1 is 1.04 bits per heavy atom. The van der Waals surface area contributed by atoms with Gasteiger partial charge in [0.1, 0.15) is 5.75 Å². The first-order chi connectivity index (χ1) is 10.9. The Balaban J connectivity index is 2.33. The maximum absolute atomic E-state index is 12.5. The van der Waals surface area contributed by atoms with Gasteiger partial charge in [-0.05, 0) is 26.0 Å². The third kappa shape index (κ3) is 2.34. The summed E-state index contributed by atoms with van der Waals surface area (Å²) in [6.45, 7) is 3.87. The molecule has 0 aliphatic carbocycles. The molecule has 0 fully saturated rings. The highest BCUT2D eigenvalue weighted by molar-refractivity contribution is 5.72. The summed E-state index contributed by atoms with van der Waals surface area (Å²) in [7, 11) is 3.05. The zero-order valence-electron chi connectivity index (χ0n) is 13.5. The van der Waals surface area contributed by atoms with E-state index in [9.17, 15) is 9.59 Å². The van der Waals surface area contributed by atoms with Gasteiger partial charge in [0.15, 0.2) is 11.2 Å². The lowest BCUT2D eigenvalue weighted by Crippen LogP contribution is -2.37. The van der Waals surface area contributed by atoms with Crippen LogP contribution in [-0.4, -0.2) is 18.7 Å². The quantitative estimate of drug-likeness (QED) is 0.739. The SMILES string of the molecule is CC(C)n1c(Oc2ccccc2)nc2c1c(=O)n(C)c(=O)n2C. The molecule has 3 aromatic rings. The van der Waals surface area contributed by atoms with Crippen molar-refractivity contribution in [2.45, 2.75) is 19.9 Å². The Morgan fingerprint density at radius 3 is 2.30 bits per heavy atom. The molecule has 0 atom stereocenters. The van der Waals surface area contributed by atoms with Gasteiger partial charge in [-0.25, -0.2) is 4.79 Å². The molecular formula is C16H18N4O3. The molecule has 2 heterocycles. The highest BCUT2D eigenvalue weighted by atomic mass is 16.5. The summed E-state index contributed by atoms with van der Waals surface area (Å²) < 4.78 is 9.98. The summed E-state index contributed by atoms with van der Waals surface area (Å²) in [6, 6.07) is 9.45. The smallest absolute Gasteiger partial charge is 0.332 e. The predicted molar refractivity (Wildman–Crippen MR) is 87.1 cm³/mol. The fourth-order valence-electron chi connectivity index (χ4n) is 2.54. The number of hydrogen-bond donors (Lipinski definition) is 0. The Kier molecular flexibility index (Phi) is 3.55. The van der Waals surface area contributed by atoms with Crippen molar-refractivity contribution >= 4 is 11.2 Å². The van der Waals surface area contributed by atoms with Gasteiger partial charge < -0.3 is 4.74 Å². The summed E-state index contributed by atoms with van der Waals surface area (Å²) in [5, 5.41) is 0. The third-order valence-electron chi connectivity index (χ3n) is 3.73. The molecular weight excluding hydrogens is 296 g/mol. The van der Waals surface area contributed by atoms with E-state index in [-0.39, 0.29) is 11.6 Å². The highest BCUT2D eigenvalue weighted by Crippen LogP contribution is 2.27. The largest absolute Gasteiger partial charge is 0.425 e. The molecule has 0 unspecified atom stereocenters. The van der Waals surface area contributed by atoms with E-state index in [2.05, 4.69) is 4.98 Å². The monoisotopic (exact) mass is 314 g/mol. The fraction of sp³-hybridized carbons (Fsp3) is 0.312. The maximum Gasteiger partial charge on any atom is 0.332 e. The first kappa shape index (κ1) is 15.1. The second-order valence-corrected chi connectivity index (χ2v) is 5.65. The number of imidazole rings is 1. The highest BCUT2D eigenvalue weighted by Gasteiger charge is 2.22. The van der Waals surface area contributed by atoms with Crippen LogP contribution in [0, 0.1) is 0 Å². The lowest BCUT2D eigenvalue weighted by Gasteiger charge is -2.12.